The molecule has 106 valence electrons. The average Bonchev–Trinajstić information content (AvgIpc) is 2.69. The SMILES string of the molecule is COc1ccc(F)cc1/C=C1/N=C(CC(C)C)NC1=O. The summed E-state index contributed by atoms with van der Waals surface area (Å²) in [6, 6.07) is 4.14. The van der Waals surface area contributed by atoms with Gasteiger partial charge in [-0.3, -0.25) is 4.79 Å². The van der Waals surface area contributed by atoms with E-state index in [9.17, 15) is 9.18 Å². The zero-order valence-electron chi connectivity index (χ0n) is 11.7. The number of amides is 1. The van der Waals surface area contributed by atoms with E-state index < -0.39 is 0 Å². The van der Waals surface area contributed by atoms with Gasteiger partial charge in [-0.2, -0.15) is 0 Å². The van der Waals surface area contributed by atoms with Gasteiger partial charge in [0.05, 0.1) is 7.11 Å². The number of hydrogen-bond acceptors (Lipinski definition) is 3. The molecule has 0 saturated heterocycles. The van der Waals surface area contributed by atoms with E-state index in [-0.39, 0.29) is 17.4 Å². The van der Waals surface area contributed by atoms with Gasteiger partial charge in [0.15, 0.2) is 0 Å². The van der Waals surface area contributed by atoms with Crippen LogP contribution < -0.4 is 10.1 Å². The highest BCUT2D eigenvalue weighted by Gasteiger charge is 2.20. The van der Waals surface area contributed by atoms with Gasteiger partial charge in [0.1, 0.15) is 23.1 Å². The van der Waals surface area contributed by atoms with Crippen molar-refractivity contribution in [1.82, 2.24) is 5.32 Å². The lowest BCUT2D eigenvalue weighted by Crippen LogP contribution is -2.24. The van der Waals surface area contributed by atoms with Crippen molar-refractivity contribution in [2.24, 2.45) is 10.9 Å². The molecule has 1 aliphatic rings. The Balaban J connectivity index is 2.33. The highest BCUT2D eigenvalue weighted by molar-refractivity contribution is 6.14. The lowest BCUT2D eigenvalue weighted by molar-refractivity contribution is -0.115. The Morgan fingerprint density at radius 3 is 2.85 bits per heavy atom. The van der Waals surface area contributed by atoms with Gasteiger partial charge in [0.25, 0.3) is 5.91 Å². The van der Waals surface area contributed by atoms with Crippen LogP contribution in [0.2, 0.25) is 0 Å². The maximum absolute atomic E-state index is 13.3. The van der Waals surface area contributed by atoms with E-state index in [1.165, 1.54) is 31.4 Å². The van der Waals surface area contributed by atoms with E-state index in [1.807, 2.05) is 13.8 Å². The Bertz CT molecular complexity index is 592. The summed E-state index contributed by atoms with van der Waals surface area (Å²) in [5.41, 5.74) is 0.761. The first-order chi connectivity index (χ1) is 9.49. The fourth-order valence-corrected chi connectivity index (χ4v) is 1.97. The second kappa shape index (κ2) is 5.86. The molecule has 0 aromatic heterocycles. The van der Waals surface area contributed by atoms with Crippen molar-refractivity contribution in [3.8, 4) is 5.75 Å². The van der Waals surface area contributed by atoms with E-state index >= 15 is 0 Å². The molecule has 0 saturated carbocycles. The summed E-state index contributed by atoms with van der Waals surface area (Å²) in [5.74, 6) is 0.886. The van der Waals surface area contributed by atoms with E-state index in [0.29, 0.717) is 29.5 Å². The van der Waals surface area contributed by atoms with Gasteiger partial charge in [0.2, 0.25) is 0 Å². The molecule has 20 heavy (non-hydrogen) atoms. The molecule has 0 aliphatic carbocycles. The smallest absolute Gasteiger partial charge is 0.275 e. The molecule has 0 bridgehead atoms. The monoisotopic (exact) mass is 276 g/mol. The molecule has 0 radical (unpaired) electrons. The van der Waals surface area contributed by atoms with Crippen LogP contribution in [0.4, 0.5) is 4.39 Å². The van der Waals surface area contributed by atoms with Crippen LogP contribution in [-0.4, -0.2) is 18.9 Å². The summed E-state index contributed by atoms with van der Waals surface area (Å²) in [7, 11) is 1.50. The first kappa shape index (κ1) is 14.2. The predicted octanol–water partition coefficient (Wildman–Crippen LogP) is 2.75. The largest absolute Gasteiger partial charge is 0.496 e. The van der Waals surface area contributed by atoms with Crippen LogP contribution >= 0.6 is 0 Å². The molecule has 1 amide bonds. The average molecular weight is 276 g/mol. The molecule has 1 aromatic rings. The van der Waals surface area contributed by atoms with Gasteiger partial charge >= 0.3 is 0 Å². The zero-order chi connectivity index (χ0) is 14.7. The van der Waals surface area contributed by atoms with Crippen molar-refractivity contribution >= 4 is 17.8 Å². The fraction of sp³-hybridized carbons (Fsp3) is 0.333. The lowest BCUT2D eigenvalue weighted by Gasteiger charge is -2.04. The molecule has 1 aliphatic heterocycles. The summed E-state index contributed by atoms with van der Waals surface area (Å²) in [4.78, 5) is 16.1. The summed E-state index contributed by atoms with van der Waals surface area (Å²) in [6.45, 7) is 4.10. The number of rotatable bonds is 4. The van der Waals surface area contributed by atoms with Gasteiger partial charge in [-0.05, 0) is 30.2 Å². The van der Waals surface area contributed by atoms with Crippen LogP contribution in [0.3, 0.4) is 0 Å². The molecular formula is C15H17FN2O2. The standard InChI is InChI=1S/C15H17FN2O2/c1-9(2)6-14-17-12(15(19)18-14)8-10-7-11(16)4-5-13(10)20-3/h4-5,7-9H,6H2,1-3H3,(H,17,18,19)/b12-8+. The van der Waals surface area contributed by atoms with Gasteiger partial charge in [0, 0.05) is 12.0 Å². The highest BCUT2D eigenvalue weighted by Crippen LogP contribution is 2.23. The zero-order valence-corrected chi connectivity index (χ0v) is 11.7. The molecule has 0 fully saturated rings. The van der Waals surface area contributed by atoms with Gasteiger partial charge in [-0.15, -0.1) is 0 Å². The minimum Gasteiger partial charge on any atom is -0.496 e. The Morgan fingerprint density at radius 2 is 2.20 bits per heavy atom. The minimum absolute atomic E-state index is 0.268. The minimum atomic E-state index is -0.387. The number of carbonyl (C=O) groups excluding carboxylic acids is 1. The van der Waals surface area contributed by atoms with E-state index in [0.717, 1.165) is 0 Å². The van der Waals surface area contributed by atoms with Gasteiger partial charge in [-0.1, -0.05) is 13.8 Å². The van der Waals surface area contributed by atoms with Crippen LogP contribution in [0.1, 0.15) is 25.8 Å². The summed E-state index contributed by atoms with van der Waals surface area (Å²) in [6.07, 6.45) is 2.23. The van der Waals surface area contributed by atoms with Crippen molar-refractivity contribution < 1.29 is 13.9 Å². The molecule has 1 N–H and O–H groups in total. The molecule has 1 aromatic carbocycles. The first-order valence-electron chi connectivity index (χ1n) is 6.43. The third kappa shape index (κ3) is 3.23. The van der Waals surface area contributed by atoms with E-state index in [4.69, 9.17) is 4.74 Å². The number of nitrogens with one attached hydrogen (secondary N) is 1. The molecule has 0 unspecified atom stereocenters. The maximum atomic E-state index is 13.3. The number of nitrogens with zero attached hydrogens (tertiary/aromatic N) is 1. The van der Waals surface area contributed by atoms with Crippen LogP contribution in [0, 0.1) is 11.7 Å². The third-order valence-corrected chi connectivity index (χ3v) is 2.83. The summed E-state index contributed by atoms with van der Waals surface area (Å²) in [5, 5.41) is 2.72. The van der Waals surface area contributed by atoms with Crippen LogP contribution in [-0.2, 0) is 4.79 Å². The van der Waals surface area contributed by atoms with E-state index in [2.05, 4.69) is 10.3 Å². The number of amidine groups is 1. The molecule has 0 spiro atoms. The van der Waals surface area contributed by atoms with Gasteiger partial charge in [-0.25, -0.2) is 9.38 Å². The number of carbonyl (C=O) groups is 1. The normalized spacial score (nSPS) is 16.6. The van der Waals surface area contributed by atoms with Crippen molar-refractivity contribution in [2.75, 3.05) is 7.11 Å². The Labute approximate surface area is 117 Å². The highest BCUT2D eigenvalue weighted by atomic mass is 19.1. The number of hydrogen-bond donors (Lipinski definition) is 1. The molecule has 5 heteroatoms. The van der Waals surface area contributed by atoms with Crippen LogP contribution in [0.25, 0.3) is 6.08 Å². The summed E-state index contributed by atoms with van der Waals surface area (Å²) < 4.78 is 18.4. The lowest BCUT2D eigenvalue weighted by atomic mass is 10.1. The molecule has 4 nitrogen and oxygen atoms in total. The number of benzene rings is 1. The van der Waals surface area contributed by atoms with Crippen molar-refractivity contribution in [3.05, 3.63) is 35.3 Å². The van der Waals surface area contributed by atoms with Crippen molar-refractivity contribution in [1.29, 1.82) is 0 Å². The van der Waals surface area contributed by atoms with Gasteiger partial charge < -0.3 is 10.1 Å². The molecular weight excluding hydrogens is 259 g/mol. The Kier molecular flexibility index (Phi) is 4.17. The fourth-order valence-electron chi connectivity index (χ4n) is 1.97. The Morgan fingerprint density at radius 1 is 1.45 bits per heavy atom. The van der Waals surface area contributed by atoms with Crippen LogP contribution in [0.5, 0.6) is 5.75 Å². The first-order valence-corrected chi connectivity index (χ1v) is 6.43. The summed E-state index contributed by atoms with van der Waals surface area (Å²) >= 11 is 0. The number of ether oxygens (including phenoxy) is 1. The second-order valence-electron chi connectivity index (χ2n) is 5.03. The molecule has 2 rings (SSSR count). The number of halogens is 1. The third-order valence-electron chi connectivity index (χ3n) is 2.83. The van der Waals surface area contributed by atoms with Crippen molar-refractivity contribution in [2.45, 2.75) is 20.3 Å². The molecule has 1 heterocycles. The Hall–Kier alpha value is -2.17. The molecule has 0 atom stereocenters. The van der Waals surface area contributed by atoms with Crippen LogP contribution in [0.15, 0.2) is 28.9 Å². The topological polar surface area (TPSA) is 50.7 Å². The second-order valence-corrected chi connectivity index (χ2v) is 5.03. The predicted molar refractivity (Wildman–Crippen MR) is 76.0 cm³/mol. The quantitative estimate of drug-likeness (QED) is 0.860. The number of aliphatic imine (C=N–C) groups is 1. The number of methoxy groups -OCH3 is 1. The van der Waals surface area contributed by atoms with Crippen molar-refractivity contribution in [3.63, 3.8) is 0 Å². The van der Waals surface area contributed by atoms with E-state index in [1.54, 1.807) is 0 Å². The maximum Gasteiger partial charge on any atom is 0.275 e.